The van der Waals surface area contributed by atoms with Crippen LogP contribution in [0.5, 0.6) is 0 Å². The van der Waals surface area contributed by atoms with E-state index in [1.165, 1.54) is 24.3 Å². The molecule has 0 saturated carbocycles. The minimum Gasteiger partial charge on any atom is -0.372 e. The Morgan fingerprint density at radius 2 is 1.30 bits per heavy atom. The molecule has 2 N–H and O–H groups in total. The summed E-state index contributed by atoms with van der Waals surface area (Å²) in [6, 6.07) is 21.1. The van der Waals surface area contributed by atoms with Crippen molar-refractivity contribution in [3.05, 3.63) is 94.6 Å². The van der Waals surface area contributed by atoms with Gasteiger partial charge in [0.05, 0.1) is 28.0 Å². The predicted molar refractivity (Wildman–Crippen MR) is 178 cm³/mol. The number of aromatic nitrogens is 2. The van der Waals surface area contributed by atoms with Gasteiger partial charge in [0.15, 0.2) is 11.7 Å². The number of fused-ring (bicyclic) bond motifs is 5. The number of benzene rings is 5. The van der Waals surface area contributed by atoms with Gasteiger partial charge < -0.3 is 9.47 Å². The summed E-state index contributed by atoms with van der Waals surface area (Å²) in [5.74, 6) is 0. The maximum Gasteiger partial charge on any atom is 0.295 e. The van der Waals surface area contributed by atoms with Gasteiger partial charge in [-0.15, -0.1) is 0 Å². The molecule has 11 nitrogen and oxygen atoms in total. The summed E-state index contributed by atoms with van der Waals surface area (Å²) in [6.45, 7) is 8.72. The van der Waals surface area contributed by atoms with Gasteiger partial charge in [0.25, 0.3) is 20.2 Å². The molecule has 0 aromatic heterocycles. The summed E-state index contributed by atoms with van der Waals surface area (Å²) >= 11 is 0. The number of aryl methyl sites for hydroxylation is 1. The zero-order chi connectivity index (χ0) is 33.4. The van der Waals surface area contributed by atoms with Crippen LogP contribution in [-0.4, -0.2) is 54.9 Å². The first kappa shape index (κ1) is 32.7. The minimum absolute atomic E-state index is 0.0233. The van der Waals surface area contributed by atoms with Crippen molar-refractivity contribution in [3.63, 3.8) is 0 Å². The second-order valence-electron chi connectivity index (χ2n) is 10.4. The topological polar surface area (TPSA) is 164 Å². The molecule has 0 saturated heterocycles. The highest BCUT2D eigenvalue weighted by atomic mass is 32.2. The van der Waals surface area contributed by atoms with Gasteiger partial charge >= 0.3 is 0 Å². The average molecular weight is 662 g/mol. The molecule has 0 radical (unpaired) electrons. The van der Waals surface area contributed by atoms with Gasteiger partial charge in [0.1, 0.15) is 9.79 Å². The Morgan fingerprint density at radius 1 is 0.761 bits per heavy atom. The third kappa shape index (κ3) is 5.85. The van der Waals surface area contributed by atoms with E-state index >= 15 is 0 Å². The molecule has 4 aromatic rings. The zero-order valence-corrected chi connectivity index (χ0v) is 26.8. The van der Waals surface area contributed by atoms with Gasteiger partial charge in [-0.1, -0.05) is 48.5 Å². The van der Waals surface area contributed by atoms with Gasteiger partial charge in [-0.3, -0.25) is 18.7 Å². The van der Waals surface area contributed by atoms with Crippen LogP contribution in [0.25, 0.3) is 44.0 Å². The lowest BCUT2D eigenvalue weighted by Gasteiger charge is -2.24. The van der Waals surface area contributed by atoms with Crippen LogP contribution < -0.4 is 10.3 Å². The normalized spacial score (nSPS) is 11.9. The molecule has 0 unspecified atom stereocenters. The molecule has 1 aliphatic carbocycles. The van der Waals surface area contributed by atoms with Crippen LogP contribution in [0.3, 0.4) is 0 Å². The summed E-state index contributed by atoms with van der Waals surface area (Å²) < 4.78 is 64.7. The van der Waals surface area contributed by atoms with Crippen LogP contribution in [0.1, 0.15) is 31.1 Å². The van der Waals surface area contributed by atoms with Gasteiger partial charge in [0.2, 0.25) is 0 Å². The van der Waals surface area contributed by atoms with E-state index < -0.39 is 30.0 Å². The number of hydrogen-bond donors (Lipinski definition) is 2. The van der Waals surface area contributed by atoms with E-state index in [-0.39, 0.29) is 21.8 Å². The summed E-state index contributed by atoms with van der Waals surface area (Å²) in [4.78, 5) is 31.2. The van der Waals surface area contributed by atoms with Crippen molar-refractivity contribution in [1.29, 1.82) is 0 Å². The highest BCUT2D eigenvalue weighted by molar-refractivity contribution is 7.86. The highest BCUT2D eigenvalue weighted by Gasteiger charge is 2.23. The molecular formula is C33H31N3O8S2. The fraction of sp³-hybridized carbons (Fsp3) is 0.182. The van der Waals surface area contributed by atoms with E-state index in [0.717, 1.165) is 47.3 Å². The quantitative estimate of drug-likeness (QED) is 0.0943. The number of anilines is 1. The molecule has 46 heavy (non-hydrogen) atoms. The minimum atomic E-state index is -4.47. The maximum atomic E-state index is 13.0. The first-order valence-corrected chi connectivity index (χ1v) is 17.3. The largest absolute Gasteiger partial charge is 0.372 e. The third-order valence-electron chi connectivity index (χ3n) is 7.86. The van der Waals surface area contributed by atoms with E-state index in [9.17, 15) is 26.4 Å². The van der Waals surface area contributed by atoms with Crippen LogP contribution in [0.2, 0.25) is 0 Å². The Balaban J connectivity index is 0.000000200. The van der Waals surface area contributed by atoms with Crippen molar-refractivity contribution in [2.75, 3.05) is 18.0 Å². The molecule has 2 aliphatic rings. The molecular weight excluding hydrogens is 631 g/mol. The van der Waals surface area contributed by atoms with Gasteiger partial charge in [-0.2, -0.15) is 16.8 Å². The fourth-order valence-electron chi connectivity index (χ4n) is 5.77. The Hall–Kier alpha value is -4.69. The first-order valence-electron chi connectivity index (χ1n) is 14.4. The standard InChI is InChI=1S/C23H23N3O2.C10H8O6S2/c1-4-25(5-2)15-11-12-19-20(13-15)26(6-3)22-18(14-27)23(28)17-10-8-7-9-16(17)21(22)24-19;11-17(12,13)9-5-1-3-7-8(9)4-2-6-10(7)18(14,15)16/h7-14H,4-6H2,1-3H3;1-6H,(H,11,12,13)(H,14,15,16). The molecule has 0 spiro atoms. The lowest BCUT2D eigenvalue weighted by Crippen LogP contribution is -2.22. The van der Waals surface area contributed by atoms with Crippen molar-refractivity contribution < 1.29 is 30.7 Å². The van der Waals surface area contributed by atoms with Crippen molar-refractivity contribution in [1.82, 2.24) is 9.55 Å². The molecule has 0 amide bonds. The highest BCUT2D eigenvalue weighted by Crippen LogP contribution is 2.34. The molecule has 0 fully saturated rings. The van der Waals surface area contributed by atoms with Crippen LogP contribution in [0.4, 0.5) is 5.69 Å². The van der Waals surface area contributed by atoms with E-state index in [4.69, 9.17) is 14.1 Å². The third-order valence-corrected chi connectivity index (χ3v) is 9.69. The van der Waals surface area contributed by atoms with Crippen molar-refractivity contribution in [2.24, 2.45) is 0 Å². The summed E-state index contributed by atoms with van der Waals surface area (Å²) in [7, 11) is -8.94. The number of nitrogens with zero attached hydrogens (tertiary/aromatic N) is 3. The Morgan fingerprint density at radius 3 is 1.80 bits per heavy atom. The Kier molecular flexibility index (Phi) is 8.96. The van der Waals surface area contributed by atoms with Crippen molar-refractivity contribution >= 4 is 64.8 Å². The van der Waals surface area contributed by atoms with Gasteiger partial charge in [-0.25, -0.2) is 4.98 Å². The number of aldehydes is 1. The van der Waals surface area contributed by atoms with Crippen LogP contribution in [0.15, 0.2) is 93.4 Å². The smallest absolute Gasteiger partial charge is 0.295 e. The van der Waals surface area contributed by atoms with Crippen molar-refractivity contribution in [2.45, 2.75) is 37.1 Å². The summed E-state index contributed by atoms with van der Waals surface area (Å²) in [5, 5.41) is 1.36. The first-order chi connectivity index (χ1) is 21.8. The van der Waals surface area contributed by atoms with Crippen LogP contribution >= 0.6 is 0 Å². The predicted octanol–water partition coefficient (Wildman–Crippen LogP) is 5.67. The number of carbonyl (C=O) groups excluding carboxylic acids is 1. The van der Waals surface area contributed by atoms with E-state index in [0.29, 0.717) is 29.6 Å². The molecule has 13 heteroatoms. The SMILES string of the molecule is CCN(CC)c1ccc2nc3c4ccccc4c(=O)c(C=O)c-3n(CC)c2c1.O=S(=O)(O)c1cccc2c(S(=O)(=O)O)cccc12. The maximum absolute atomic E-state index is 13.0. The van der Waals surface area contributed by atoms with Crippen LogP contribution in [-0.2, 0) is 26.8 Å². The molecule has 238 valence electrons. The van der Waals surface area contributed by atoms with Gasteiger partial charge in [-0.05, 0) is 51.1 Å². The monoisotopic (exact) mass is 661 g/mol. The number of hydrogen-bond acceptors (Lipinski definition) is 8. The van der Waals surface area contributed by atoms with Crippen LogP contribution in [0, 0.1) is 0 Å². The van der Waals surface area contributed by atoms with E-state index in [2.05, 4.69) is 30.9 Å². The second kappa shape index (κ2) is 12.6. The molecule has 4 aromatic carbocycles. The molecule has 1 aliphatic heterocycles. The van der Waals surface area contributed by atoms with E-state index in [1.54, 1.807) is 6.07 Å². The average Bonchev–Trinajstić information content (AvgIpc) is 3.03. The molecule has 0 bridgehead atoms. The lowest BCUT2D eigenvalue weighted by atomic mass is 9.98. The number of rotatable bonds is 7. The molecule has 0 atom stereocenters. The zero-order valence-electron chi connectivity index (χ0n) is 25.2. The molecule has 6 rings (SSSR count). The summed E-state index contributed by atoms with van der Waals surface area (Å²) in [5.41, 5.74) is 4.15. The summed E-state index contributed by atoms with van der Waals surface area (Å²) in [6.07, 6.45) is 0.672. The van der Waals surface area contributed by atoms with E-state index in [1.807, 2.05) is 35.8 Å². The Bertz CT molecular complexity index is 2310. The number of carbonyl (C=O) groups is 1. The second-order valence-corrected chi connectivity index (χ2v) is 13.1. The van der Waals surface area contributed by atoms with Crippen molar-refractivity contribution in [3.8, 4) is 11.4 Å². The molecule has 1 heterocycles. The fourth-order valence-corrected chi connectivity index (χ4v) is 7.18. The lowest BCUT2D eigenvalue weighted by molar-refractivity contribution is 0.112. The van der Waals surface area contributed by atoms with Gasteiger partial charge in [0, 0.05) is 46.9 Å². The Labute approximate surface area is 265 Å².